The molecule has 0 spiro atoms. The zero-order valence-electron chi connectivity index (χ0n) is 15.8. The molecule has 0 radical (unpaired) electrons. The average molecular weight is 429 g/mol. The lowest BCUT2D eigenvalue weighted by atomic mass is 10.2. The number of hydrogen-bond donors (Lipinski definition) is 2. The number of phenols is 1. The minimum absolute atomic E-state index is 0.0152. The number of nitrogens with one attached hydrogen (secondary N) is 1. The Kier molecular flexibility index (Phi) is 6.90. The number of para-hydroxylation sites is 2. The van der Waals surface area contributed by atoms with Crippen molar-refractivity contribution in [3.63, 3.8) is 0 Å². The van der Waals surface area contributed by atoms with E-state index in [2.05, 4.69) is 5.32 Å². The number of anilines is 1. The number of carbonyl (C=O) groups excluding carboxylic acids is 2. The van der Waals surface area contributed by atoms with E-state index in [9.17, 15) is 14.7 Å². The molecule has 0 aliphatic carbocycles. The summed E-state index contributed by atoms with van der Waals surface area (Å²) < 4.78 is 5.62. The number of thioether (sulfide) groups is 1. The number of rotatable bonds is 7. The summed E-state index contributed by atoms with van der Waals surface area (Å²) in [5, 5.41) is 12.4. The molecule has 1 aliphatic heterocycles. The zero-order chi connectivity index (χ0) is 20.8. The molecule has 2 aromatic carbocycles. The van der Waals surface area contributed by atoms with Crippen LogP contribution < -0.4 is 10.1 Å². The monoisotopic (exact) mass is 428 g/mol. The molecule has 29 heavy (non-hydrogen) atoms. The fraction of sp³-hybridized carbons (Fsp3) is 0.190. The summed E-state index contributed by atoms with van der Waals surface area (Å²) in [6.07, 6.45) is 2.47. The maximum Gasteiger partial charge on any atom is 0.266 e. The van der Waals surface area contributed by atoms with Gasteiger partial charge in [-0.25, -0.2) is 0 Å². The number of thiocarbonyl (C=S) groups is 1. The number of carbonyl (C=O) groups is 2. The van der Waals surface area contributed by atoms with Crippen molar-refractivity contribution in [2.45, 2.75) is 12.8 Å². The maximum atomic E-state index is 12.6. The summed E-state index contributed by atoms with van der Waals surface area (Å²) in [5.41, 5.74) is 1.25. The second-order valence-electron chi connectivity index (χ2n) is 6.28. The van der Waals surface area contributed by atoms with Crippen LogP contribution in [0.25, 0.3) is 6.08 Å². The molecule has 1 fully saturated rings. The summed E-state index contributed by atoms with van der Waals surface area (Å²) in [7, 11) is 1.60. The quantitative estimate of drug-likeness (QED) is 0.394. The van der Waals surface area contributed by atoms with Gasteiger partial charge in [0.15, 0.2) is 0 Å². The molecule has 1 heterocycles. The van der Waals surface area contributed by atoms with E-state index in [-0.39, 0.29) is 24.0 Å². The van der Waals surface area contributed by atoms with E-state index in [1.54, 1.807) is 31.4 Å². The standard InChI is InChI=1S/C21H20N2O4S2/c1-27-15-10-8-14(9-11-15)13-18-20(26)23(21(28)29-18)12-4-7-19(25)22-16-5-2-3-6-17(16)24/h2-3,5-6,8-11,13,24H,4,7,12H2,1H3,(H,22,25)/b18-13+. The third kappa shape index (κ3) is 5.36. The van der Waals surface area contributed by atoms with Gasteiger partial charge in [-0.05, 0) is 42.3 Å². The topological polar surface area (TPSA) is 78.9 Å². The Morgan fingerprint density at radius 1 is 1.24 bits per heavy atom. The van der Waals surface area contributed by atoms with Gasteiger partial charge < -0.3 is 15.2 Å². The Bertz CT molecular complexity index is 957. The number of nitrogens with zero attached hydrogens (tertiary/aromatic N) is 1. The van der Waals surface area contributed by atoms with Gasteiger partial charge in [0.2, 0.25) is 5.91 Å². The summed E-state index contributed by atoms with van der Waals surface area (Å²) in [6, 6.07) is 13.9. The molecule has 0 saturated carbocycles. The van der Waals surface area contributed by atoms with Crippen LogP contribution in [-0.2, 0) is 9.59 Å². The van der Waals surface area contributed by atoms with E-state index in [0.29, 0.717) is 27.9 Å². The minimum atomic E-state index is -0.231. The lowest BCUT2D eigenvalue weighted by molar-refractivity contribution is -0.122. The summed E-state index contributed by atoms with van der Waals surface area (Å²) in [6.45, 7) is 0.360. The van der Waals surface area contributed by atoms with Crippen LogP contribution in [0.3, 0.4) is 0 Å². The Hall–Kier alpha value is -2.84. The van der Waals surface area contributed by atoms with Crippen LogP contribution in [-0.4, -0.2) is 39.8 Å². The summed E-state index contributed by atoms with van der Waals surface area (Å²) in [5.74, 6) is 0.376. The van der Waals surface area contributed by atoms with Gasteiger partial charge in [0.25, 0.3) is 5.91 Å². The van der Waals surface area contributed by atoms with Crippen molar-refractivity contribution in [2.75, 3.05) is 19.0 Å². The highest BCUT2D eigenvalue weighted by molar-refractivity contribution is 8.26. The van der Waals surface area contributed by atoms with Crippen LogP contribution in [0.4, 0.5) is 5.69 Å². The fourth-order valence-electron chi connectivity index (χ4n) is 2.73. The molecule has 150 valence electrons. The van der Waals surface area contributed by atoms with Crippen LogP contribution in [0, 0.1) is 0 Å². The molecule has 0 atom stereocenters. The predicted molar refractivity (Wildman–Crippen MR) is 119 cm³/mol. The third-order valence-corrected chi connectivity index (χ3v) is 5.63. The number of phenolic OH excluding ortho intramolecular Hbond substituents is 1. The molecule has 8 heteroatoms. The second-order valence-corrected chi connectivity index (χ2v) is 7.95. The van der Waals surface area contributed by atoms with Crippen molar-refractivity contribution in [3.05, 3.63) is 59.0 Å². The number of ether oxygens (including phenoxy) is 1. The van der Waals surface area contributed by atoms with Gasteiger partial charge in [-0.1, -0.05) is 48.2 Å². The number of benzene rings is 2. The van der Waals surface area contributed by atoms with Crippen molar-refractivity contribution < 1.29 is 19.4 Å². The molecule has 2 N–H and O–H groups in total. The first kappa shape index (κ1) is 20.9. The van der Waals surface area contributed by atoms with E-state index in [1.807, 2.05) is 24.3 Å². The van der Waals surface area contributed by atoms with E-state index >= 15 is 0 Å². The number of amides is 2. The van der Waals surface area contributed by atoms with E-state index in [4.69, 9.17) is 17.0 Å². The molecule has 1 saturated heterocycles. The Morgan fingerprint density at radius 3 is 2.66 bits per heavy atom. The highest BCUT2D eigenvalue weighted by Crippen LogP contribution is 2.33. The Balaban J connectivity index is 1.54. The van der Waals surface area contributed by atoms with E-state index in [1.165, 1.54) is 22.7 Å². The van der Waals surface area contributed by atoms with E-state index < -0.39 is 0 Å². The highest BCUT2D eigenvalue weighted by atomic mass is 32.2. The lowest BCUT2D eigenvalue weighted by Gasteiger charge is -2.14. The number of hydrogen-bond acceptors (Lipinski definition) is 6. The number of methoxy groups -OCH3 is 1. The molecule has 3 rings (SSSR count). The SMILES string of the molecule is COc1ccc(/C=C2/SC(=S)N(CCCC(=O)Nc3ccccc3O)C2=O)cc1. The highest BCUT2D eigenvalue weighted by Gasteiger charge is 2.31. The molecular weight excluding hydrogens is 408 g/mol. The van der Waals surface area contributed by atoms with Crippen LogP contribution in [0.1, 0.15) is 18.4 Å². The van der Waals surface area contributed by atoms with Crippen LogP contribution >= 0.6 is 24.0 Å². The van der Waals surface area contributed by atoms with Gasteiger partial charge in [0, 0.05) is 13.0 Å². The van der Waals surface area contributed by atoms with Crippen molar-refractivity contribution in [2.24, 2.45) is 0 Å². The number of aromatic hydroxyl groups is 1. The zero-order valence-corrected chi connectivity index (χ0v) is 17.4. The summed E-state index contributed by atoms with van der Waals surface area (Å²) >= 11 is 6.58. The molecule has 1 aliphatic rings. The second kappa shape index (κ2) is 9.58. The van der Waals surface area contributed by atoms with Crippen molar-refractivity contribution in [1.29, 1.82) is 0 Å². The van der Waals surface area contributed by atoms with Gasteiger partial charge in [-0.15, -0.1) is 0 Å². The first-order chi connectivity index (χ1) is 14.0. The average Bonchev–Trinajstić information content (AvgIpc) is 2.97. The molecule has 6 nitrogen and oxygen atoms in total. The Labute approximate surface area is 178 Å². The molecule has 2 amide bonds. The van der Waals surface area contributed by atoms with Gasteiger partial charge in [-0.3, -0.25) is 14.5 Å². The summed E-state index contributed by atoms with van der Waals surface area (Å²) in [4.78, 5) is 26.8. The van der Waals surface area contributed by atoms with Gasteiger partial charge in [-0.2, -0.15) is 0 Å². The lowest BCUT2D eigenvalue weighted by Crippen LogP contribution is -2.29. The largest absolute Gasteiger partial charge is 0.506 e. The molecule has 0 aromatic heterocycles. The third-order valence-electron chi connectivity index (χ3n) is 4.25. The van der Waals surface area contributed by atoms with Crippen LogP contribution in [0.5, 0.6) is 11.5 Å². The first-order valence-electron chi connectivity index (χ1n) is 8.95. The van der Waals surface area contributed by atoms with Crippen LogP contribution in [0.2, 0.25) is 0 Å². The smallest absolute Gasteiger partial charge is 0.266 e. The van der Waals surface area contributed by atoms with E-state index in [0.717, 1.165) is 11.3 Å². The van der Waals surface area contributed by atoms with Gasteiger partial charge in [0.05, 0.1) is 17.7 Å². The predicted octanol–water partition coefficient (Wildman–Crippen LogP) is 4.02. The maximum absolute atomic E-state index is 12.6. The molecular formula is C21H20N2O4S2. The van der Waals surface area contributed by atoms with Gasteiger partial charge in [0.1, 0.15) is 15.8 Å². The molecule has 0 bridgehead atoms. The first-order valence-corrected chi connectivity index (χ1v) is 10.2. The van der Waals surface area contributed by atoms with Crippen molar-refractivity contribution >= 4 is 51.9 Å². The van der Waals surface area contributed by atoms with Gasteiger partial charge >= 0.3 is 0 Å². The molecule has 0 unspecified atom stereocenters. The normalized spacial score (nSPS) is 15.1. The molecule has 2 aromatic rings. The van der Waals surface area contributed by atoms with Crippen molar-refractivity contribution in [3.8, 4) is 11.5 Å². The minimum Gasteiger partial charge on any atom is -0.506 e. The Morgan fingerprint density at radius 2 is 1.97 bits per heavy atom. The fourth-order valence-corrected chi connectivity index (χ4v) is 4.04. The van der Waals surface area contributed by atoms with Crippen LogP contribution in [0.15, 0.2) is 53.4 Å². The van der Waals surface area contributed by atoms with Crippen molar-refractivity contribution in [1.82, 2.24) is 4.90 Å².